The predicted octanol–water partition coefficient (Wildman–Crippen LogP) is 2.17. The molecule has 0 aromatic carbocycles. The lowest BCUT2D eigenvalue weighted by molar-refractivity contribution is -0.116. The van der Waals surface area contributed by atoms with Crippen LogP contribution in [-0.4, -0.2) is 22.5 Å². The normalized spacial score (nSPS) is 11.2. The Hall–Kier alpha value is -1.45. The van der Waals surface area contributed by atoms with Crippen LogP contribution in [0, 0.1) is 0 Å². The second kappa shape index (κ2) is 5.05. The fourth-order valence-corrected chi connectivity index (χ4v) is 1.19. The first-order valence-corrected chi connectivity index (χ1v) is 5.47. The molecular weight excluding hydrogens is 202 g/mol. The molecule has 0 unspecified atom stereocenters. The summed E-state index contributed by atoms with van der Waals surface area (Å²) >= 11 is 0. The zero-order chi connectivity index (χ0) is 12.2. The van der Waals surface area contributed by atoms with Gasteiger partial charge in [-0.05, 0) is 19.1 Å². The van der Waals surface area contributed by atoms with Gasteiger partial charge in [0, 0.05) is 18.4 Å². The molecule has 0 atom stereocenters. The van der Waals surface area contributed by atoms with Crippen molar-refractivity contribution in [1.29, 1.82) is 0 Å². The molecule has 0 bridgehead atoms. The third kappa shape index (κ3) is 3.96. The van der Waals surface area contributed by atoms with Gasteiger partial charge in [-0.2, -0.15) is 5.10 Å². The minimum Gasteiger partial charge on any atom is -0.368 e. The van der Waals surface area contributed by atoms with Gasteiger partial charge in [0.15, 0.2) is 0 Å². The fourth-order valence-electron chi connectivity index (χ4n) is 1.19. The number of nitrogens with one attached hydrogen (secondary N) is 1. The lowest BCUT2D eigenvalue weighted by Crippen LogP contribution is -2.15. The van der Waals surface area contributed by atoms with Gasteiger partial charge >= 0.3 is 0 Å². The molecule has 1 N–H and O–H groups in total. The number of rotatable bonds is 4. The first-order chi connectivity index (χ1) is 7.39. The third-order valence-corrected chi connectivity index (χ3v) is 2.22. The van der Waals surface area contributed by atoms with Crippen LogP contribution < -0.4 is 5.32 Å². The van der Waals surface area contributed by atoms with Gasteiger partial charge in [0.25, 0.3) is 0 Å². The number of Topliss-reactive ketones (excluding diaryl/α,β-unsaturated/α-hetero) is 1. The van der Waals surface area contributed by atoms with Crippen molar-refractivity contribution in [3.63, 3.8) is 0 Å². The highest BCUT2D eigenvalue weighted by Crippen LogP contribution is 2.19. The van der Waals surface area contributed by atoms with E-state index < -0.39 is 0 Å². The number of hydrogen-bond acceptors (Lipinski definition) is 4. The fraction of sp³-hybridized carbons (Fsp3) is 0.583. The van der Waals surface area contributed by atoms with Crippen LogP contribution in [0.3, 0.4) is 0 Å². The Morgan fingerprint density at radius 3 is 2.44 bits per heavy atom. The van der Waals surface area contributed by atoms with Crippen molar-refractivity contribution < 1.29 is 4.79 Å². The lowest BCUT2D eigenvalue weighted by atomic mass is 9.92. The molecule has 88 valence electrons. The molecular formula is C12H19N3O. The number of carbonyl (C=O) groups is 1. The maximum Gasteiger partial charge on any atom is 0.148 e. The van der Waals surface area contributed by atoms with Crippen molar-refractivity contribution >= 4 is 11.6 Å². The molecule has 0 spiro atoms. The Morgan fingerprint density at radius 2 is 2.00 bits per heavy atom. The maximum absolute atomic E-state index is 10.7. The Kier molecular flexibility index (Phi) is 3.99. The van der Waals surface area contributed by atoms with E-state index in [1.807, 2.05) is 12.1 Å². The Labute approximate surface area is 96.5 Å². The largest absolute Gasteiger partial charge is 0.368 e. The molecule has 0 aliphatic heterocycles. The minimum atomic E-state index is 0.0188. The summed E-state index contributed by atoms with van der Waals surface area (Å²) in [5.74, 6) is 0.890. The van der Waals surface area contributed by atoms with E-state index in [1.165, 1.54) is 0 Å². The van der Waals surface area contributed by atoms with Crippen molar-refractivity contribution in [2.45, 2.75) is 39.5 Å². The van der Waals surface area contributed by atoms with Gasteiger partial charge in [0.1, 0.15) is 11.6 Å². The van der Waals surface area contributed by atoms with E-state index in [2.05, 4.69) is 36.3 Å². The first-order valence-electron chi connectivity index (χ1n) is 5.47. The summed E-state index contributed by atoms with van der Waals surface area (Å²) < 4.78 is 0. The van der Waals surface area contributed by atoms with Crippen molar-refractivity contribution in [3.8, 4) is 0 Å². The van der Waals surface area contributed by atoms with Crippen molar-refractivity contribution in [1.82, 2.24) is 10.2 Å². The van der Waals surface area contributed by atoms with E-state index in [0.29, 0.717) is 18.8 Å². The summed E-state index contributed by atoms with van der Waals surface area (Å²) in [7, 11) is 0. The molecule has 16 heavy (non-hydrogen) atoms. The Balaban J connectivity index is 2.55. The maximum atomic E-state index is 10.7. The van der Waals surface area contributed by atoms with Gasteiger partial charge < -0.3 is 5.32 Å². The van der Waals surface area contributed by atoms with E-state index in [-0.39, 0.29) is 11.2 Å². The van der Waals surface area contributed by atoms with E-state index >= 15 is 0 Å². The number of anilines is 1. The zero-order valence-electron chi connectivity index (χ0n) is 10.4. The molecule has 0 aliphatic carbocycles. The molecule has 0 radical (unpaired) electrons. The molecule has 0 fully saturated rings. The van der Waals surface area contributed by atoms with Crippen molar-refractivity contribution in [2.75, 3.05) is 11.9 Å². The molecule has 0 saturated heterocycles. The topological polar surface area (TPSA) is 54.9 Å². The number of carbonyl (C=O) groups excluding carboxylic acids is 1. The second-order valence-corrected chi connectivity index (χ2v) is 4.93. The number of ketones is 1. The first kappa shape index (κ1) is 12.6. The molecule has 4 heteroatoms. The monoisotopic (exact) mass is 221 g/mol. The van der Waals surface area contributed by atoms with Crippen LogP contribution in [0.2, 0.25) is 0 Å². The minimum absolute atomic E-state index is 0.0188. The molecule has 1 aromatic rings. The summed E-state index contributed by atoms with van der Waals surface area (Å²) in [4.78, 5) is 10.7. The standard InChI is InChI=1S/C12H19N3O/c1-9(16)7-8-13-11-6-5-10(14-15-11)12(2,3)4/h5-6H,7-8H2,1-4H3,(H,13,15). The quantitative estimate of drug-likeness (QED) is 0.846. The van der Waals surface area contributed by atoms with Crippen LogP contribution in [0.15, 0.2) is 12.1 Å². The van der Waals surface area contributed by atoms with Crippen molar-refractivity contribution in [2.24, 2.45) is 0 Å². The van der Waals surface area contributed by atoms with Gasteiger partial charge in [0.05, 0.1) is 5.69 Å². The second-order valence-electron chi connectivity index (χ2n) is 4.93. The molecule has 4 nitrogen and oxygen atoms in total. The Bertz CT molecular complexity index is 352. The SMILES string of the molecule is CC(=O)CCNc1ccc(C(C)(C)C)nn1. The summed E-state index contributed by atoms with van der Waals surface area (Å²) in [6, 6.07) is 3.86. The highest BCUT2D eigenvalue weighted by molar-refractivity contribution is 5.75. The predicted molar refractivity (Wildman–Crippen MR) is 64.5 cm³/mol. The van der Waals surface area contributed by atoms with E-state index in [4.69, 9.17) is 0 Å². The molecule has 1 aromatic heterocycles. The van der Waals surface area contributed by atoms with E-state index in [1.54, 1.807) is 6.92 Å². The average Bonchev–Trinajstić information content (AvgIpc) is 2.16. The molecule has 1 heterocycles. The molecule has 0 saturated carbocycles. The van der Waals surface area contributed by atoms with Crippen LogP contribution in [-0.2, 0) is 10.2 Å². The van der Waals surface area contributed by atoms with Gasteiger partial charge in [0.2, 0.25) is 0 Å². The van der Waals surface area contributed by atoms with E-state index in [0.717, 1.165) is 5.69 Å². The van der Waals surface area contributed by atoms with Gasteiger partial charge in [-0.15, -0.1) is 5.10 Å². The van der Waals surface area contributed by atoms with Crippen LogP contribution >= 0.6 is 0 Å². The molecule has 1 rings (SSSR count). The van der Waals surface area contributed by atoms with Gasteiger partial charge in [-0.1, -0.05) is 20.8 Å². The Morgan fingerprint density at radius 1 is 1.31 bits per heavy atom. The summed E-state index contributed by atoms with van der Waals surface area (Å²) in [6.45, 7) is 8.48. The summed E-state index contributed by atoms with van der Waals surface area (Å²) in [6.07, 6.45) is 0.517. The summed E-state index contributed by atoms with van der Waals surface area (Å²) in [5.41, 5.74) is 0.981. The molecule has 0 amide bonds. The van der Waals surface area contributed by atoms with Crippen molar-refractivity contribution in [3.05, 3.63) is 17.8 Å². The number of nitrogens with zero attached hydrogens (tertiary/aromatic N) is 2. The van der Waals surface area contributed by atoms with Crippen LogP contribution in [0.4, 0.5) is 5.82 Å². The lowest BCUT2D eigenvalue weighted by Gasteiger charge is -2.16. The van der Waals surface area contributed by atoms with Gasteiger partial charge in [-0.3, -0.25) is 4.79 Å². The smallest absolute Gasteiger partial charge is 0.148 e. The summed E-state index contributed by atoms with van der Waals surface area (Å²) in [5, 5.41) is 11.3. The highest BCUT2D eigenvalue weighted by atomic mass is 16.1. The van der Waals surface area contributed by atoms with Crippen LogP contribution in [0.25, 0.3) is 0 Å². The molecule has 0 aliphatic rings. The number of hydrogen-bond donors (Lipinski definition) is 1. The third-order valence-electron chi connectivity index (χ3n) is 2.22. The zero-order valence-corrected chi connectivity index (χ0v) is 10.4. The van der Waals surface area contributed by atoms with E-state index in [9.17, 15) is 4.79 Å². The van der Waals surface area contributed by atoms with Crippen LogP contribution in [0.1, 0.15) is 39.8 Å². The highest BCUT2D eigenvalue weighted by Gasteiger charge is 2.15. The van der Waals surface area contributed by atoms with Crippen LogP contribution in [0.5, 0.6) is 0 Å². The average molecular weight is 221 g/mol. The van der Waals surface area contributed by atoms with Gasteiger partial charge in [-0.25, -0.2) is 0 Å². The number of aromatic nitrogens is 2.